The first-order chi connectivity index (χ1) is 11.8. The van der Waals surface area contributed by atoms with E-state index in [1.54, 1.807) is 25.7 Å². The summed E-state index contributed by atoms with van der Waals surface area (Å²) in [6, 6.07) is 3.79. The van der Waals surface area contributed by atoms with Crippen molar-refractivity contribution in [3.8, 4) is 5.75 Å². The Morgan fingerprint density at radius 2 is 2.24 bits per heavy atom. The minimum Gasteiger partial charge on any atom is -0.475 e. The number of aromatic nitrogens is 2. The van der Waals surface area contributed by atoms with Crippen LogP contribution in [0.15, 0.2) is 22.7 Å². The van der Waals surface area contributed by atoms with Gasteiger partial charge in [-0.2, -0.15) is 4.98 Å². The van der Waals surface area contributed by atoms with Crippen LogP contribution in [-0.4, -0.2) is 33.1 Å². The lowest BCUT2D eigenvalue weighted by Crippen LogP contribution is -2.48. The average Bonchev–Trinajstić information content (AvgIpc) is 3.17. The highest BCUT2D eigenvalue weighted by Gasteiger charge is 2.42. The molecule has 3 rings (SSSR count). The normalized spacial score (nSPS) is 17.8. The van der Waals surface area contributed by atoms with Gasteiger partial charge in [0.15, 0.2) is 23.0 Å². The third-order valence-electron chi connectivity index (χ3n) is 4.12. The summed E-state index contributed by atoms with van der Waals surface area (Å²) in [6.07, 6.45) is 1.56. The van der Waals surface area contributed by atoms with Gasteiger partial charge in [-0.25, -0.2) is 4.39 Å². The number of carbonyl (C=O) groups excluding carboxylic acids is 1. The Kier molecular flexibility index (Phi) is 4.69. The number of likely N-dealkylation sites (tertiary alicyclic amines) is 1. The van der Waals surface area contributed by atoms with Gasteiger partial charge in [0, 0.05) is 11.6 Å². The fraction of sp³-hybridized carbons (Fsp3) is 0.471. The van der Waals surface area contributed by atoms with Gasteiger partial charge < -0.3 is 14.2 Å². The monoisotopic (exact) mass is 367 g/mol. The highest BCUT2D eigenvalue weighted by atomic mass is 35.5. The summed E-state index contributed by atoms with van der Waals surface area (Å²) in [4.78, 5) is 18.9. The molecular weight excluding hydrogens is 349 g/mol. The summed E-state index contributed by atoms with van der Waals surface area (Å²) < 4.78 is 24.9. The summed E-state index contributed by atoms with van der Waals surface area (Å²) in [7, 11) is 0. The van der Waals surface area contributed by atoms with Crippen molar-refractivity contribution in [2.75, 3.05) is 6.54 Å². The van der Waals surface area contributed by atoms with E-state index in [-0.39, 0.29) is 22.7 Å². The number of amides is 1. The summed E-state index contributed by atoms with van der Waals surface area (Å²) >= 11 is 5.75. The number of halogens is 2. The van der Waals surface area contributed by atoms with Crippen LogP contribution in [0.1, 0.15) is 44.4 Å². The zero-order valence-corrected chi connectivity index (χ0v) is 15.0. The van der Waals surface area contributed by atoms with Gasteiger partial charge in [0.1, 0.15) is 6.04 Å². The third kappa shape index (κ3) is 3.61. The Labute approximate surface area is 149 Å². The van der Waals surface area contributed by atoms with E-state index in [4.69, 9.17) is 20.9 Å². The van der Waals surface area contributed by atoms with Crippen molar-refractivity contribution in [2.45, 2.75) is 45.3 Å². The highest BCUT2D eigenvalue weighted by Crippen LogP contribution is 2.34. The van der Waals surface area contributed by atoms with Crippen LogP contribution in [-0.2, 0) is 4.79 Å². The van der Waals surface area contributed by atoms with Crippen LogP contribution in [0.2, 0.25) is 5.02 Å². The Balaban J connectivity index is 1.80. The Hall–Kier alpha value is -2.15. The number of rotatable bonds is 4. The van der Waals surface area contributed by atoms with Gasteiger partial charge in [0.2, 0.25) is 5.89 Å². The van der Waals surface area contributed by atoms with Crippen LogP contribution < -0.4 is 4.74 Å². The summed E-state index contributed by atoms with van der Waals surface area (Å²) in [5, 5.41) is 4.05. The van der Waals surface area contributed by atoms with Gasteiger partial charge in [-0.05, 0) is 51.8 Å². The second-order valence-corrected chi connectivity index (χ2v) is 6.96. The maximum atomic E-state index is 14.0. The topological polar surface area (TPSA) is 68.5 Å². The average molecular weight is 368 g/mol. The molecule has 1 atom stereocenters. The predicted octanol–water partition coefficient (Wildman–Crippen LogP) is 3.69. The minimum atomic E-state index is -1.26. The fourth-order valence-electron chi connectivity index (χ4n) is 2.94. The van der Waals surface area contributed by atoms with E-state index in [1.165, 1.54) is 12.1 Å². The van der Waals surface area contributed by atoms with Crippen LogP contribution in [0.5, 0.6) is 5.75 Å². The summed E-state index contributed by atoms with van der Waals surface area (Å²) in [6.45, 7) is 5.50. The molecule has 1 saturated heterocycles. The number of aryl methyl sites for hydroxylation is 1. The molecule has 2 heterocycles. The van der Waals surface area contributed by atoms with Crippen molar-refractivity contribution in [2.24, 2.45) is 0 Å². The Morgan fingerprint density at radius 3 is 2.88 bits per heavy atom. The number of hydrogen-bond acceptors (Lipinski definition) is 5. The summed E-state index contributed by atoms with van der Waals surface area (Å²) in [5.74, 6) is 0.0380. The van der Waals surface area contributed by atoms with E-state index < -0.39 is 11.4 Å². The van der Waals surface area contributed by atoms with Crippen molar-refractivity contribution < 1.29 is 18.4 Å². The predicted molar refractivity (Wildman–Crippen MR) is 88.8 cm³/mol. The first kappa shape index (κ1) is 17.7. The lowest BCUT2D eigenvalue weighted by Gasteiger charge is -2.32. The number of benzene rings is 1. The molecule has 6 nitrogen and oxygen atoms in total. The molecule has 0 spiro atoms. The van der Waals surface area contributed by atoms with E-state index in [0.29, 0.717) is 18.3 Å². The third-order valence-corrected chi connectivity index (χ3v) is 4.35. The molecule has 1 amide bonds. The zero-order valence-electron chi connectivity index (χ0n) is 14.3. The molecular formula is C17H19ClFN3O3. The molecule has 1 aromatic carbocycles. The first-order valence-corrected chi connectivity index (χ1v) is 8.41. The number of nitrogens with zero attached hydrogens (tertiary/aromatic N) is 3. The van der Waals surface area contributed by atoms with Crippen LogP contribution in [0.4, 0.5) is 4.39 Å². The largest absolute Gasteiger partial charge is 0.475 e. The van der Waals surface area contributed by atoms with Crippen molar-refractivity contribution in [1.29, 1.82) is 0 Å². The van der Waals surface area contributed by atoms with Gasteiger partial charge in [0.25, 0.3) is 5.91 Å². The van der Waals surface area contributed by atoms with E-state index in [1.807, 2.05) is 0 Å². The van der Waals surface area contributed by atoms with Crippen LogP contribution in [0, 0.1) is 12.7 Å². The molecule has 0 unspecified atom stereocenters. The molecule has 134 valence electrons. The molecule has 1 fully saturated rings. The van der Waals surface area contributed by atoms with Crippen LogP contribution >= 0.6 is 11.6 Å². The van der Waals surface area contributed by atoms with E-state index in [0.717, 1.165) is 18.9 Å². The smallest absolute Gasteiger partial charge is 0.266 e. The standard InChI is InChI=1S/C17H19ClFN3O3/c1-10-20-15(25-21-10)13-5-4-8-22(13)16(23)17(2,3)24-14-7-6-11(18)9-12(14)19/h6-7,9,13H,4-5,8H2,1-3H3/t13-/m0/s1. The maximum Gasteiger partial charge on any atom is 0.266 e. The van der Waals surface area contributed by atoms with Crippen molar-refractivity contribution in [3.05, 3.63) is 40.8 Å². The lowest BCUT2D eigenvalue weighted by molar-refractivity contribution is -0.147. The molecule has 0 saturated carbocycles. The fourth-order valence-corrected chi connectivity index (χ4v) is 3.10. The number of ether oxygens (including phenoxy) is 1. The molecule has 1 aliphatic rings. The van der Waals surface area contributed by atoms with E-state index >= 15 is 0 Å². The number of hydrogen-bond donors (Lipinski definition) is 0. The molecule has 0 radical (unpaired) electrons. The molecule has 25 heavy (non-hydrogen) atoms. The van der Waals surface area contributed by atoms with Gasteiger partial charge in [-0.1, -0.05) is 16.8 Å². The molecule has 0 bridgehead atoms. The minimum absolute atomic E-state index is 0.0212. The molecule has 2 aromatic rings. The van der Waals surface area contributed by atoms with Gasteiger partial charge in [-0.15, -0.1) is 0 Å². The van der Waals surface area contributed by atoms with Gasteiger partial charge in [-0.3, -0.25) is 4.79 Å². The molecule has 1 aliphatic heterocycles. The lowest BCUT2D eigenvalue weighted by atomic mass is 10.1. The number of carbonyl (C=O) groups is 1. The highest BCUT2D eigenvalue weighted by molar-refractivity contribution is 6.30. The molecule has 0 aliphatic carbocycles. The Morgan fingerprint density at radius 1 is 1.48 bits per heavy atom. The summed E-state index contributed by atoms with van der Waals surface area (Å²) in [5.41, 5.74) is -1.26. The maximum absolute atomic E-state index is 14.0. The molecule has 8 heteroatoms. The van der Waals surface area contributed by atoms with Crippen molar-refractivity contribution in [1.82, 2.24) is 15.0 Å². The first-order valence-electron chi connectivity index (χ1n) is 8.03. The second kappa shape index (κ2) is 6.63. The zero-order chi connectivity index (χ0) is 18.2. The van der Waals surface area contributed by atoms with Gasteiger partial charge >= 0.3 is 0 Å². The van der Waals surface area contributed by atoms with E-state index in [9.17, 15) is 9.18 Å². The van der Waals surface area contributed by atoms with Crippen LogP contribution in [0.25, 0.3) is 0 Å². The quantitative estimate of drug-likeness (QED) is 0.824. The molecule has 1 aromatic heterocycles. The van der Waals surface area contributed by atoms with Crippen molar-refractivity contribution in [3.63, 3.8) is 0 Å². The van der Waals surface area contributed by atoms with Gasteiger partial charge in [0.05, 0.1) is 0 Å². The molecule has 0 N–H and O–H groups in total. The second-order valence-electron chi connectivity index (χ2n) is 6.52. The van der Waals surface area contributed by atoms with E-state index in [2.05, 4.69) is 10.1 Å². The Bertz CT molecular complexity index is 793. The van der Waals surface area contributed by atoms with Crippen molar-refractivity contribution >= 4 is 17.5 Å². The SMILES string of the molecule is Cc1noc([C@@H]2CCCN2C(=O)C(C)(C)Oc2ccc(Cl)cc2F)n1. The van der Waals surface area contributed by atoms with Crippen LogP contribution in [0.3, 0.4) is 0 Å².